The molecule has 0 spiro atoms. The van der Waals surface area contributed by atoms with Crippen LogP contribution < -0.4 is 10.6 Å². The van der Waals surface area contributed by atoms with Crippen molar-refractivity contribution < 1.29 is 18.9 Å². The molecule has 0 aliphatic carbocycles. The minimum Gasteiger partial charge on any atom is -0.451 e. The number of furan rings is 1. The Hall–Kier alpha value is -4.72. The third-order valence-electron chi connectivity index (χ3n) is 5.30. The summed E-state index contributed by atoms with van der Waals surface area (Å²) in [5, 5.41) is 16.6. The van der Waals surface area contributed by atoms with Gasteiger partial charge in [-0.25, -0.2) is 0 Å². The first-order chi connectivity index (χ1) is 16.3. The van der Waals surface area contributed by atoms with Crippen molar-refractivity contribution in [3.05, 3.63) is 111 Å². The van der Waals surface area contributed by atoms with Crippen LogP contribution in [0.15, 0.2) is 83.3 Å². The van der Waals surface area contributed by atoms with E-state index in [0.29, 0.717) is 33.8 Å². The van der Waals surface area contributed by atoms with E-state index >= 15 is 0 Å². The van der Waals surface area contributed by atoms with Gasteiger partial charge in [-0.05, 0) is 67.4 Å². The number of rotatable bonds is 6. The molecular weight excluding hydrogens is 434 g/mol. The zero-order chi connectivity index (χ0) is 24.2. The number of carbonyl (C=O) groups excluding carboxylic acids is 2. The number of amides is 2. The van der Waals surface area contributed by atoms with Crippen LogP contribution >= 0.6 is 0 Å². The van der Waals surface area contributed by atoms with Crippen LogP contribution in [-0.4, -0.2) is 16.7 Å². The van der Waals surface area contributed by atoms with Crippen molar-refractivity contribution in [2.75, 3.05) is 10.6 Å². The van der Waals surface area contributed by atoms with Gasteiger partial charge in [-0.15, -0.1) is 0 Å². The number of nitrogens with one attached hydrogen (secondary N) is 2. The molecule has 170 valence electrons. The summed E-state index contributed by atoms with van der Waals surface area (Å²) >= 11 is 0. The highest BCUT2D eigenvalue weighted by atomic mass is 16.6. The van der Waals surface area contributed by atoms with Gasteiger partial charge >= 0.3 is 0 Å². The molecule has 34 heavy (non-hydrogen) atoms. The van der Waals surface area contributed by atoms with Gasteiger partial charge in [-0.1, -0.05) is 24.3 Å². The molecule has 3 aromatic carbocycles. The SMILES string of the molecule is Cc1ccc(NC(=O)c2ccc(-c3ccc([N+](=O)[O-])cc3C)o2)cc1NC(=O)c1ccccc1. The zero-order valence-electron chi connectivity index (χ0n) is 18.5. The number of anilines is 2. The van der Waals surface area contributed by atoms with Gasteiger partial charge in [-0.3, -0.25) is 19.7 Å². The average Bonchev–Trinajstić information content (AvgIpc) is 3.32. The largest absolute Gasteiger partial charge is 0.451 e. The summed E-state index contributed by atoms with van der Waals surface area (Å²) in [6.07, 6.45) is 0. The Bertz CT molecular complexity index is 1390. The fraction of sp³-hybridized carbons (Fsp3) is 0.0769. The van der Waals surface area contributed by atoms with E-state index in [-0.39, 0.29) is 17.4 Å². The van der Waals surface area contributed by atoms with Crippen LogP contribution in [0.2, 0.25) is 0 Å². The van der Waals surface area contributed by atoms with E-state index in [4.69, 9.17) is 4.42 Å². The summed E-state index contributed by atoms with van der Waals surface area (Å²) in [5.41, 5.74) is 3.74. The highest BCUT2D eigenvalue weighted by molar-refractivity contribution is 6.06. The number of nitro benzene ring substituents is 1. The van der Waals surface area contributed by atoms with E-state index in [1.807, 2.05) is 13.0 Å². The molecule has 0 atom stereocenters. The first-order valence-electron chi connectivity index (χ1n) is 10.5. The predicted molar refractivity (Wildman–Crippen MR) is 129 cm³/mol. The molecule has 8 heteroatoms. The third-order valence-corrected chi connectivity index (χ3v) is 5.30. The molecule has 2 amide bonds. The Morgan fingerprint density at radius 3 is 2.29 bits per heavy atom. The third kappa shape index (κ3) is 4.86. The van der Waals surface area contributed by atoms with Crippen molar-refractivity contribution in [1.29, 1.82) is 0 Å². The Balaban J connectivity index is 1.49. The fourth-order valence-corrected chi connectivity index (χ4v) is 3.45. The van der Waals surface area contributed by atoms with Gasteiger partial charge in [0.2, 0.25) is 0 Å². The van der Waals surface area contributed by atoms with E-state index in [2.05, 4.69) is 10.6 Å². The van der Waals surface area contributed by atoms with Crippen LogP contribution in [0.5, 0.6) is 0 Å². The van der Waals surface area contributed by atoms with E-state index < -0.39 is 10.8 Å². The smallest absolute Gasteiger partial charge is 0.291 e. The number of hydrogen-bond donors (Lipinski definition) is 2. The lowest BCUT2D eigenvalue weighted by atomic mass is 10.1. The Kier molecular flexibility index (Phi) is 6.22. The van der Waals surface area contributed by atoms with Crippen LogP contribution in [0.1, 0.15) is 32.0 Å². The number of nitro groups is 1. The van der Waals surface area contributed by atoms with Crippen LogP contribution in [0.25, 0.3) is 11.3 Å². The second-order valence-corrected chi connectivity index (χ2v) is 7.72. The molecule has 0 saturated carbocycles. The van der Waals surface area contributed by atoms with Crippen LogP contribution in [0, 0.1) is 24.0 Å². The lowest BCUT2D eigenvalue weighted by molar-refractivity contribution is -0.384. The van der Waals surface area contributed by atoms with Gasteiger partial charge in [0.05, 0.1) is 4.92 Å². The molecule has 1 heterocycles. The summed E-state index contributed by atoms with van der Waals surface area (Å²) in [6.45, 7) is 3.60. The molecule has 0 saturated heterocycles. The first-order valence-corrected chi connectivity index (χ1v) is 10.5. The summed E-state index contributed by atoms with van der Waals surface area (Å²) in [4.78, 5) is 35.7. The van der Waals surface area contributed by atoms with Gasteiger partial charge in [0.15, 0.2) is 5.76 Å². The lowest BCUT2D eigenvalue weighted by Crippen LogP contribution is -2.14. The Labute approximate surface area is 195 Å². The molecule has 0 aliphatic heterocycles. The molecule has 4 rings (SSSR count). The van der Waals surface area contributed by atoms with Gasteiger partial charge in [0.25, 0.3) is 17.5 Å². The fourth-order valence-electron chi connectivity index (χ4n) is 3.45. The molecule has 8 nitrogen and oxygen atoms in total. The van der Waals surface area contributed by atoms with Crippen LogP contribution in [-0.2, 0) is 0 Å². The van der Waals surface area contributed by atoms with Gasteiger partial charge in [0, 0.05) is 34.6 Å². The van der Waals surface area contributed by atoms with Crippen LogP contribution in [0.4, 0.5) is 17.1 Å². The summed E-state index contributed by atoms with van der Waals surface area (Å²) in [6, 6.07) is 21.7. The highest BCUT2D eigenvalue weighted by Crippen LogP contribution is 2.29. The van der Waals surface area contributed by atoms with E-state index in [1.165, 1.54) is 18.2 Å². The molecule has 0 fully saturated rings. The molecule has 2 N–H and O–H groups in total. The molecule has 0 unspecified atom stereocenters. The molecule has 0 radical (unpaired) electrons. The summed E-state index contributed by atoms with van der Waals surface area (Å²) in [7, 11) is 0. The minimum atomic E-state index is -0.463. The quantitative estimate of drug-likeness (QED) is 0.274. The second-order valence-electron chi connectivity index (χ2n) is 7.72. The first kappa shape index (κ1) is 22.5. The maximum atomic E-state index is 12.7. The normalized spacial score (nSPS) is 10.5. The highest BCUT2D eigenvalue weighted by Gasteiger charge is 2.16. The maximum absolute atomic E-state index is 12.7. The number of nitrogens with zero attached hydrogens (tertiary/aromatic N) is 1. The molecule has 0 aliphatic rings. The Morgan fingerprint density at radius 1 is 0.824 bits per heavy atom. The zero-order valence-corrected chi connectivity index (χ0v) is 18.5. The predicted octanol–water partition coefficient (Wildman–Crippen LogP) is 5.98. The monoisotopic (exact) mass is 455 g/mol. The number of aryl methyl sites for hydroxylation is 2. The van der Waals surface area contributed by atoms with Crippen molar-refractivity contribution in [3.8, 4) is 11.3 Å². The van der Waals surface area contributed by atoms with Crippen molar-refractivity contribution in [3.63, 3.8) is 0 Å². The topological polar surface area (TPSA) is 114 Å². The molecule has 1 aromatic heterocycles. The van der Waals surface area contributed by atoms with Crippen molar-refractivity contribution in [1.82, 2.24) is 0 Å². The van der Waals surface area contributed by atoms with Crippen LogP contribution in [0.3, 0.4) is 0 Å². The van der Waals surface area contributed by atoms with Gasteiger partial charge in [0.1, 0.15) is 5.76 Å². The minimum absolute atomic E-state index is 0.0136. The second kappa shape index (κ2) is 9.41. The van der Waals surface area contributed by atoms with Crippen molar-refractivity contribution in [2.45, 2.75) is 13.8 Å². The molecule has 4 aromatic rings. The van der Waals surface area contributed by atoms with Crippen molar-refractivity contribution in [2.24, 2.45) is 0 Å². The Morgan fingerprint density at radius 2 is 1.59 bits per heavy atom. The van der Waals surface area contributed by atoms with E-state index in [0.717, 1.165) is 5.56 Å². The van der Waals surface area contributed by atoms with E-state index in [1.54, 1.807) is 61.5 Å². The average molecular weight is 455 g/mol. The van der Waals surface area contributed by atoms with Gasteiger partial charge in [-0.2, -0.15) is 0 Å². The standard InChI is InChI=1S/C26H21N3O5/c1-16-8-9-19(15-22(16)28-25(30)18-6-4-3-5-7-18)27-26(31)24-13-12-23(34-24)21-11-10-20(29(32)33)14-17(21)2/h3-15H,1-2H3,(H,27,31)(H,28,30). The van der Waals surface area contributed by atoms with Gasteiger partial charge < -0.3 is 15.1 Å². The van der Waals surface area contributed by atoms with E-state index in [9.17, 15) is 19.7 Å². The number of carbonyl (C=O) groups is 2. The lowest BCUT2D eigenvalue weighted by Gasteiger charge is -2.11. The summed E-state index contributed by atoms with van der Waals surface area (Å²) in [5.74, 6) is -0.197. The maximum Gasteiger partial charge on any atom is 0.291 e. The number of hydrogen-bond acceptors (Lipinski definition) is 5. The molecular formula is C26H21N3O5. The summed E-state index contributed by atoms with van der Waals surface area (Å²) < 4.78 is 5.71. The molecule has 0 bridgehead atoms. The number of benzene rings is 3. The number of non-ortho nitro benzene ring substituents is 1. The van der Waals surface area contributed by atoms with Crippen molar-refractivity contribution >= 4 is 28.9 Å².